The molecule has 8 heteroatoms. The van der Waals surface area contributed by atoms with Crippen LogP contribution in [0.2, 0.25) is 10.0 Å². The Morgan fingerprint density at radius 3 is 2.56 bits per heavy atom. The molecule has 1 N–H and O–H groups in total. The van der Waals surface area contributed by atoms with Crippen LogP contribution in [0.15, 0.2) is 30.3 Å². The van der Waals surface area contributed by atoms with Gasteiger partial charge in [0.15, 0.2) is 0 Å². The van der Waals surface area contributed by atoms with Gasteiger partial charge in [-0.2, -0.15) is 0 Å². The Bertz CT molecular complexity index is 929. The SMILES string of the molecule is O=C([O-])c1ccc2c(c1)C1c3c(Cl)cc(Cl)cc3NC(C(=O)[O-])C1O2. The summed E-state index contributed by atoms with van der Waals surface area (Å²) in [6.45, 7) is 0. The second-order valence-corrected chi connectivity index (χ2v) is 6.73. The highest BCUT2D eigenvalue weighted by molar-refractivity contribution is 6.35. The fourth-order valence-electron chi connectivity index (χ4n) is 3.46. The average molecular weight is 378 g/mol. The van der Waals surface area contributed by atoms with Gasteiger partial charge in [0.05, 0.1) is 17.9 Å². The largest absolute Gasteiger partial charge is 0.548 e. The molecular weight excluding hydrogens is 369 g/mol. The summed E-state index contributed by atoms with van der Waals surface area (Å²) >= 11 is 12.4. The Balaban J connectivity index is 1.95. The number of hydrogen-bond acceptors (Lipinski definition) is 6. The smallest absolute Gasteiger partial charge is 0.135 e. The Morgan fingerprint density at radius 1 is 1.12 bits per heavy atom. The van der Waals surface area contributed by atoms with Crippen molar-refractivity contribution in [3.8, 4) is 5.75 Å². The lowest BCUT2D eigenvalue weighted by molar-refractivity contribution is -0.308. The number of aliphatic carboxylic acids is 1. The Hall–Kier alpha value is -2.44. The van der Waals surface area contributed by atoms with E-state index in [1.54, 1.807) is 12.1 Å². The number of carboxylic acids is 2. The maximum Gasteiger partial charge on any atom is 0.135 e. The first kappa shape index (κ1) is 16.1. The number of benzene rings is 2. The first-order valence-corrected chi connectivity index (χ1v) is 8.10. The van der Waals surface area contributed by atoms with E-state index >= 15 is 0 Å². The van der Waals surface area contributed by atoms with Crippen molar-refractivity contribution in [3.05, 3.63) is 57.1 Å². The Kier molecular flexibility index (Phi) is 3.56. The number of carbonyl (C=O) groups is 2. The lowest BCUT2D eigenvalue weighted by Gasteiger charge is -2.37. The molecule has 0 aliphatic carbocycles. The standard InChI is InChI=1S/C17H11Cl2NO5/c18-7-4-9(19)13-10(5-7)20-14(17(23)24)15-12(13)8-3-6(16(21)22)1-2-11(8)25-15/h1-5,12,14-15,20H,(H,21,22)(H,23,24)/p-2. The van der Waals surface area contributed by atoms with E-state index in [0.29, 0.717) is 32.6 Å². The third-order valence-electron chi connectivity index (χ3n) is 4.47. The van der Waals surface area contributed by atoms with E-state index in [4.69, 9.17) is 27.9 Å². The normalized spacial score (nSPS) is 22.9. The molecule has 0 saturated heterocycles. The van der Waals surface area contributed by atoms with Gasteiger partial charge < -0.3 is 29.9 Å². The van der Waals surface area contributed by atoms with Gasteiger partial charge in [-0.3, -0.25) is 0 Å². The lowest BCUT2D eigenvalue weighted by atomic mass is 9.80. The Labute approximate surface area is 151 Å². The summed E-state index contributed by atoms with van der Waals surface area (Å²) in [5, 5.41) is 26.3. The fourth-order valence-corrected chi connectivity index (χ4v) is 4.07. The van der Waals surface area contributed by atoms with E-state index in [1.165, 1.54) is 18.2 Å². The van der Waals surface area contributed by atoms with Gasteiger partial charge in [-0.1, -0.05) is 23.2 Å². The number of hydrogen-bond donors (Lipinski definition) is 1. The predicted molar refractivity (Wildman–Crippen MR) is 85.9 cm³/mol. The molecule has 2 aliphatic heterocycles. The van der Waals surface area contributed by atoms with E-state index in [0.717, 1.165) is 0 Å². The topological polar surface area (TPSA) is 102 Å². The Morgan fingerprint density at radius 2 is 1.88 bits per heavy atom. The molecule has 4 rings (SSSR count). The molecule has 2 aromatic rings. The van der Waals surface area contributed by atoms with Crippen LogP contribution in [-0.2, 0) is 4.79 Å². The first-order chi connectivity index (χ1) is 11.9. The summed E-state index contributed by atoms with van der Waals surface area (Å²) in [5.74, 6) is -2.85. The molecule has 0 amide bonds. The molecule has 3 atom stereocenters. The van der Waals surface area contributed by atoms with Gasteiger partial charge in [0.2, 0.25) is 0 Å². The van der Waals surface area contributed by atoms with Crippen LogP contribution >= 0.6 is 23.2 Å². The van der Waals surface area contributed by atoms with Gasteiger partial charge in [-0.15, -0.1) is 0 Å². The molecule has 0 fully saturated rings. The van der Waals surface area contributed by atoms with Crippen LogP contribution in [0.5, 0.6) is 5.75 Å². The maximum atomic E-state index is 11.6. The summed E-state index contributed by atoms with van der Waals surface area (Å²) < 4.78 is 5.77. The van der Waals surface area contributed by atoms with E-state index < -0.39 is 30.0 Å². The molecule has 128 valence electrons. The number of rotatable bonds is 2. The van der Waals surface area contributed by atoms with Crippen molar-refractivity contribution in [2.75, 3.05) is 5.32 Å². The molecule has 2 aliphatic rings. The van der Waals surface area contributed by atoms with Crippen LogP contribution in [0.1, 0.15) is 27.4 Å². The third-order valence-corrected chi connectivity index (χ3v) is 5.00. The van der Waals surface area contributed by atoms with Crippen LogP contribution in [0.25, 0.3) is 0 Å². The van der Waals surface area contributed by atoms with Crippen molar-refractivity contribution in [3.63, 3.8) is 0 Å². The average Bonchev–Trinajstić information content (AvgIpc) is 2.91. The number of carboxylic acid groups (broad SMARTS) is 2. The highest BCUT2D eigenvalue weighted by atomic mass is 35.5. The summed E-state index contributed by atoms with van der Waals surface area (Å²) in [6, 6.07) is 6.20. The molecule has 2 aromatic carbocycles. The summed E-state index contributed by atoms with van der Waals surface area (Å²) in [6.07, 6.45) is -0.830. The number of aromatic carboxylic acids is 1. The van der Waals surface area contributed by atoms with Crippen molar-refractivity contribution in [1.29, 1.82) is 0 Å². The molecular formula is C17H9Cl2NO5-2. The highest BCUT2D eigenvalue weighted by Gasteiger charge is 2.46. The molecule has 2 heterocycles. The molecule has 0 bridgehead atoms. The molecule has 0 spiro atoms. The quantitative estimate of drug-likeness (QED) is 0.830. The molecule has 0 aromatic heterocycles. The van der Waals surface area contributed by atoms with Crippen LogP contribution in [-0.4, -0.2) is 24.1 Å². The number of carbonyl (C=O) groups excluding carboxylic acids is 2. The van der Waals surface area contributed by atoms with Gasteiger partial charge >= 0.3 is 0 Å². The summed E-state index contributed by atoms with van der Waals surface area (Å²) in [7, 11) is 0. The highest BCUT2D eigenvalue weighted by Crippen LogP contribution is 2.51. The number of anilines is 1. The minimum atomic E-state index is -1.34. The number of fused-ring (bicyclic) bond motifs is 5. The van der Waals surface area contributed by atoms with Gasteiger partial charge in [-0.05, 0) is 35.9 Å². The van der Waals surface area contributed by atoms with Crippen molar-refractivity contribution in [2.24, 2.45) is 0 Å². The van der Waals surface area contributed by atoms with E-state index in [1.807, 2.05) is 0 Å². The van der Waals surface area contributed by atoms with Gasteiger partial charge in [-0.25, -0.2) is 0 Å². The summed E-state index contributed by atoms with van der Waals surface area (Å²) in [5.41, 5.74) is 1.55. The van der Waals surface area contributed by atoms with Crippen LogP contribution < -0.4 is 20.3 Å². The fraction of sp³-hybridized carbons (Fsp3) is 0.176. The van der Waals surface area contributed by atoms with Crippen LogP contribution in [0.3, 0.4) is 0 Å². The molecule has 0 radical (unpaired) electrons. The molecule has 3 unspecified atom stereocenters. The van der Waals surface area contributed by atoms with Gasteiger partial charge in [0.1, 0.15) is 17.9 Å². The zero-order valence-electron chi connectivity index (χ0n) is 12.4. The second-order valence-electron chi connectivity index (χ2n) is 5.89. The molecule has 6 nitrogen and oxygen atoms in total. The summed E-state index contributed by atoms with van der Waals surface area (Å²) in [4.78, 5) is 22.8. The van der Waals surface area contributed by atoms with Crippen molar-refractivity contribution in [2.45, 2.75) is 18.1 Å². The first-order valence-electron chi connectivity index (χ1n) is 7.35. The second kappa shape index (κ2) is 5.54. The molecule has 25 heavy (non-hydrogen) atoms. The van der Waals surface area contributed by atoms with Crippen molar-refractivity contribution in [1.82, 2.24) is 0 Å². The monoisotopic (exact) mass is 377 g/mol. The van der Waals surface area contributed by atoms with Gasteiger partial charge in [0, 0.05) is 26.9 Å². The van der Waals surface area contributed by atoms with Crippen LogP contribution in [0.4, 0.5) is 5.69 Å². The lowest BCUT2D eigenvalue weighted by Crippen LogP contribution is -2.53. The van der Waals surface area contributed by atoms with E-state index in [2.05, 4.69) is 5.32 Å². The van der Waals surface area contributed by atoms with Crippen molar-refractivity contribution < 1.29 is 24.5 Å². The number of nitrogens with one attached hydrogen (secondary N) is 1. The number of halogens is 2. The third kappa shape index (κ3) is 2.41. The minimum Gasteiger partial charge on any atom is -0.548 e. The molecule has 0 saturated carbocycles. The van der Waals surface area contributed by atoms with E-state index in [9.17, 15) is 19.8 Å². The minimum absolute atomic E-state index is 0.0295. The zero-order chi connectivity index (χ0) is 17.9. The zero-order valence-corrected chi connectivity index (χ0v) is 13.9. The van der Waals surface area contributed by atoms with E-state index in [-0.39, 0.29) is 5.56 Å². The van der Waals surface area contributed by atoms with Crippen LogP contribution in [0, 0.1) is 0 Å². The van der Waals surface area contributed by atoms with Gasteiger partial charge in [0.25, 0.3) is 0 Å². The number of ether oxygens (including phenoxy) is 1. The maximum absolute atomic E-state index is 11.6. The predicted octanol–water partition coefficient (Wildman–Crippen LogP) is 0.794. The van der Waals surface area contributed by atoms with Crippen molar-refractivity contribution >= 4 is 40.8 Å².